The van der Waals surface area contributed by atoms with Crippen LogP contribution in [0.4, 0.5) is 0 Å². The molecule has 0 N–H and O–H groups in total. The van der Waals surface area contributed by atoms with Crippen LogP contribution in [-0.2, 0) is 4.74 Å². The Morgan fingerprint density at radius 3 is 1.83 bits per heavy atom. The Morgan fingerprint density at radius 2 is 1.22 bits per heavy atom. The maximum atomic E-state index is 5.47. The summed E-state index contributed by atoms with van der Waals surface area (Å²) in [5.74, 6) is 0. The molecule has 0 aromatic carbocycles. The minimum Gasteiger partial charge on any atom is -0.455 e. The van der Waals surface area contributed by atoms with Crippen molar-refractivity contribution >= 4 is 82.3 Å². The highest BCUT2D eigenvalue weighted by atomic mass is 32.3. The highest BCUT2D eigenvalue weighted by molar-refractivity contribution is 8.49. The summed E-state index contributed by atoms with van der Waals surface area (Å²) in [6.45, 7) is 0. The fraction of sp³-hybridized carbons (Fsp3) is 0. The molecule has 0 amide bonds. The molecule has 0 unspecified atom stereocenters. The predicted molar refractivity (Wildman–Crippen MR) is 93.6 cm³/mol. The number of hydrogen-bond acceptors (Lipinski definition) is 8. The number of ether oxygens (including phenoxy) is 1. The van der Waals surface area contributed by atoms with Crippen LogP contribution in [0.15, 0.2) is 48.8 Å². The van der Waals surface area contributed by atoms with E-state index in [2.05, 4.69) is 10.8 Å². The Labute approximate surface area is 135 Å². The molecule has 4 rings (SSSR count). The molecule has 0 saturated carbocycles. The molecule has 0 bridgehead atoms. The van der Waals surface area contributed by atoms with Gasteiger partial charge in [0.15, 0.2) is 5.09 Å². The molecule has 92 valence electrons. The van der Waals surface area contributed by atoms with E-state index in [1.807, 2.05) is 76.0 Å². The molecule has 18 heavy (non-hydrogen) atoms. The summed E-state index contributed by atoms with van der Waals surface area (Å²) in [5.41, 5.74) is 0. The molecule has 0 saturated heterocycles. The summed E-state index contributed by atoms with van der Waals surface area (Å²) in [4.78, 5) is 0. The van der Waals surface area contributed by atoms with Crippen molar-refractivity contribution in [2.24, 2.45) is 0 Å². The summed E-state index contributed by atoms with van der Waals surface area (Å²) >= 11 is 12.8. The lowest BCUT2D eigenvalue weighted by Crippen LogP contribution is -1.76. The average Bonchev–Trinajstić information content (AvgIpc) is 3.13. The Kier molecular flexibility index (Phi) is 3.79. The van der Waals surface area contributed by atoms with Gasteiger partial charge in [-0.25, -0.2) is 0 Å². The normalized spacial score (nSPS) is 25.8. The van der Waals surface area contributed by atoms with E-state index >= 15 is 0 Å². The van der Waals surface area contributed by atoms with Crippen molar-refractivity contribution in [3.8, 4) is 0 Å². The molecule has 0 aliphatic carbocycles. The fourth-order valence-corrected chi connectivity index (χ4v) is 10.6. The predicted octanol–water partition coefficient (Wildman–Crippen LogP) is 6.51. The van der Waals surface area contributed by atoms with Gasteiger partial charge in [-0.3, -0.25) is 0 Å². The Balaban J connectivity index is 1.51. The first-order valence-corrected chi connectivity index (χ1v) is 10.7. The molecule has 1 nitrogen and oxygen atoms in total. The molecule has 0 radical (unpaired) electrons. The standard InChI is InChI=1S/C10H4OS7/c1-2-12-5(11-1)6-15-9-10(16-6)18-8(17-9)7-13-3-4-14-7/h1-4H. The molecule has 0 spiro atoms. The second-order valence-electron chi connectivity index (χ2n) is 3.15. The summed E-state index contributed by atoms with van der Waals surface area (Å²) < 4.78 is 12.4. The lowest BCUT2D eigenvalue weighted by Gasteiger charge is -2.06. The fourth-order valence-electron chi connectivity index (χ4n) is 1.36. The topological polar surface area (TPSA) is 9.23 Å². The smallest absolute Gasteiger partial charge is 0.184 e. The zero-order valence-electron chi connectivity index (χ0n) is 8.58. The first-order chi connectivity index (χ1) is 8.90. The number of thioether (sulfide) groups is 7. The second-order valence-corrected chi connectivity index (χ2v) is 11.2. The van der Waals surface area contributed by atoms with Crippen molar-refractivity contribution < 1.29 is 4.74 Å². The summed E-state index contributed by atoms with van der Waals surface area (Å²) in [6.07, 6.45) is 1.75. The van der Waals surface area contributed by atoms with Crippen LogP contribution in [0, 0.1) is 0 Å². The molecule has 0 aromatic rings. The van der Waals surface area contributed by atoms with Crippen LogP contribution >= 0.6 is 82.3 Å². The maximum Gasteiger partial charge on any atom is 0.184 e. The van der Waals surface area contributed by atoms with Gasteiger partial charge < -0.3 is 4.74 Å². The van der Waals surface area contributed by atoms with Crippen LogP contribution in [0.2, 0.25) is 0 Å². The molecule has 4 aliphatic heterocycles. The molecular formula is C10H4OS7. The van der Waals surface area contributed by atoms with Crippen molar-refractivity contribution in [2.45, 2.75) is 0 Å². The molecule has 0 fully saturated rings. The minimum atomic E-state index is 1.03. The first-order valence-electron chi connectivity index (χ1n) is 4.81. The zero-order valence-corrected chi connectivity index (χ0v) is 14.3. The van der Waals surface area contributed by atoms with Crippen LogP contribution < -0.4 is 0 Å². The van der Waals surface area contributed by atoms with Gasteiger partial charge in [-0.1, -0.05) is 82.3 Å². The number of rotatable bonds is 0. The van der Waals surface area contributed by atoms with E-state index < -0.39 is 0 Å². The van der Waals surface area contributed by atoms with Crippen molar-refractivity contribution in [2.75, 3.05) is 0 Å². The third kappa shape index (κ3) is 2.34. The van der Waals surface area contributed by atoms with Gasteiger partial charge in [0.1, 0.15) is 4.24 Å². The summed E-state index contributed by atoms with van der Waals surface area (Å²) in [7, 11) is 0. The van der Waals surface area contributed by atoms with Gasteiger partial charge in [0.05, 0.1) is 23.2 Å². The average molecular weight is 365 g/mol. The van der Waals surface area contributed by atoms with E-state index in [9.17, 15) is 0 Å². The maximum absolute atomic E-state index is 5.47. The van der Waals surface area contributed by atoms with Gasteiger partial charge in [-0.15, -0.1) is 0 Å². The number of hydrogen-bond donors (Lipinski definition) is 0. The van der Waals surface area contributed by atoms with Crippen molar-refractivity contribution in [3.05, 3.63) is 48.8 Å². The van der Waals surface area contributed by atoms with Crippen LogP contribution in [0.5, 0.6) is 0 Å². The van der Waals surface area contributed by atoms with Crippen molar-refractivity contribution in [1.29, 1.82) is 0 Å². The monoisotopic (exact) mass is 364 g/mol. The summed E-state index contributed by atoms with van der Waals surface area (Å²) in [6, 6.07) is 0. The van der Waals surface area contributed by atoms with Crippen LogP contribution in [-0.4, -0.2) is 0 Å². The van der Waals surface area contributed by atoms with E-state index in [-0.39, 0.29) is 0 Å². The molecule has 8 heteroatoms. The Bertz CT molecular complexity index is 479. The minimum absolute atomic E-state index is 1.03. The van der Waals surface area contributed by atoms with Crippen molar-refractivity contribution in [1.82, 2.24) is 0 Å². The van der Waals surface area contributed by atoms with Crippen molar-refractivity contribution in [3.63, 3.8) is 0 Å². The van der Waals surface area contributed by atoms with Gasteiger partial charge in [0.25, 0.3) is 0 Å². The van der Waals surface area contributed by atoms with E-state index in [1.165, 1.54) is 21.2 Å². The Morgan fingerprint density at radius 1 is 0.611 bits per heavy atom. The second kappa shape index (κ2) is 5.38. The molecular weight excluding hydrogens is 361 g/mol. The first kappa shape index (κ1) is 12.7. The van der Waals surface area contributed by atoms with E-state index in [0.717, 1.165) is 5.09 Å². The third-order valence-corrected chi connectivity index (χ3v) is 11.3. The molecule has 0 aromatic heterocycles. The highest BCUT2D eigenvalue weighted by Gasteiger charge is 2.34. The lowest BCUT2D eigenvalue weighted by atomic mass is 11.1. The van der Waals surface area contributed by atoms with E-state index in [4.69, 9.17) is 4.74 Å². The Hall–Kier alpha value is 0.950. The summed E-state index contributed by atoms with van der Waals surface area (Å²) in [5, 5.41) is 7.32. The zero-order chi connectivity index (χ0) is 11.9. The highest BCUT2D eigenvalue weighted by Crippen LogP contribution is 2.69. The SMILES string of the molecule is C1=CSC(=C2SC3=C(S2)SC(=C2SC=CS2)S3)O1. The van der Waals surface area contributed by atoms with Gasteiger partial charge in [-0.05, 0) is 10.8 Å². The van der Waals surface area contributed by atoms with Gasteiger partial charge in [0, 0.05) is 5.41 Å². The van der Waals surface area contributed by atoms with Gasteiger partial charge >= 0.3 is 0 Å². The molecule has 0 atom stereocenters. The molecule has 4 heterocycles. The third-order valence-electron chi connectivity index (χ3n) is 2.05. The van der Waals surface area contributed by atoms with E-state index in [1.54, 1.807) is 18.0 Å². The largest absolute Gasteiger partial charge is 0.455 e. The van der Waals surface area contributed by atoms with Gasteiger partial charge in [-0.2, -0.15) is 0 Å². The molecule has 4 aliphatic rings. The van der Waals surface area contributed by atoms with Crippen LogP contribution in [0.3, 0.4) is 0 Å². The van der Waals surface area contributed by atoms with Gasteiger partial charge in [0.2, 0.25) is 0 Å². The van der Waals surface area contributed by atoms with E-state index in [0.29, 0.717) is 0 Å². The lowest BCUT2D eigenvalue weighted by molar-refractivity contribution is 0.396. The van der Waals surface area contributed by atoms with Crippen LogP contribution in [0.25, 0.3) is 0 Å². The van der Waals surface area contributed by atoms with Crippen LogP contribution in [0.1, 0.15) is 0 Å². The quantitative estimate of drug-likeness (QED) is 0.475.